The number of rotatable bonds is 3. The summed E-state index contributed by atoms with van der Waals surface area (Å²) in [5, 5.41) is 1.03. The van der Waals surface area contributed by atoms with Gasteiger partial charge in [-0.1, -0.05) is 41.8 Å². The predicted molar refractivity (Wildman–Crippen MR) is 107 cm³/mol. The quantitative estimate of drug-likeness (QED) is 0.690. The molecule has 26 heavy (non-hydrogen) atoms. The van der Waals surface area contributed by atoms with Gasteiger partial charge in [-0.3, -0.25) is 9.69 Å². The molecule has 5 heteroatoms. The van der Waals surface area contributed by atoms with E-state index < -0.39 is 0 Å². The van der Waals surface area contributed by atoms with Gasteiger partial charge in [-0.2, -0.15) is 0 Å². The smallest absolute Gasteiger partial charge is 0.255 e. The Morgan fingerprint density at radius 1 is 0.885 bits per heavy atom. The Bertz CT molecular complexity index is 719. The van der Waals surface area contributed by atoms with Crippen molar-refractivity contribution in [2.24, 2.45) is 0 Å². The van der Waals surface area contributed by atoms with Crippen molar-refractivity contribution < 1.29 is 4.79 Å². The van der Waals surface area contributed by atoms with E-state index in [0.717, 1.165) is 50.0 Å². The molecule has 1 aromatic carbocycles. The molecule has 140 valence electrons. The molecule has 1 aliphatic carbocycles. The SMILES string of the molecule is O=C1C(c2ccc(Cl)c(Cl)c2)=CCCN1C1(N2CCCC2)CCCCC1. The number of hydrogen-bond acceptors (Lipinski definition) is 2. The summed E-state index contributed by atoms with van der Waals surface area (Å²) in [4.78, 5) is 18.3. The van der Waals surface area contributed by atoms with Crippen molar-refractivity contribution in [3.8, 4) is 0 Å². The maximum absolute atomic E-state index is 13.5. The molecule has 2 fully saturated rings. The van der Waals surface area contributed by atoms with Crippen molar-refractivity contribution in [2.45, 2.75) is 57.0 Å². The van der Waals surface area contributed by atoms with Crippen molar-refractivity contribution >= 4 is 34.7 Å². The molecule has 0 bridgehead atoms. The van der Waals surface area contributed by atoms with Gasteiger partial charge < -0.3 is 4.90 Å². The zero-order chi connectivity index (χ0) is 18.1. The molecule has 0 atom stereocenters. The van der Waals surface area contributed by atoms with Gasteiger partial charge in [-0.25, -0.2) is 0 Å². The highest BCUT2D eigenvalue weighted by Crippen LogP contribution is 2.41. The van der Waals surface area contributed by atoms with Crippen molar-refractivity contribution in [1.82, 2.24) is 9.80 Å². The van der Waals surface area contributed by atoms with Crippen LogP contribution in [0.4, 0.5) is 0 Å². The van der Waals surface area contributed by atoms with Crippen LogP contribution in [-0.4, -0.2) is 41.0 Å². The third kappa shape index (κ3) is 3.19. The highest BCUT2D eigenvalue weighted by molar-refractivity contribution is 6.42. The zero-order valence-electron chi connectivity index (χ0n) is 15.1. The Balaban J connectivity index is 1.67. The van der Waals surface area contributed by atoms with Crippen LogP contribution in [0.5, 0.6) is 0 Å². The summed E-state index contributed by atoms with van der Waals surface area (Å²) in [5.41, 5.74) is 1.57. The number of nitrogens with zero attached hydrogens (tertiary/aromatic N) is 2. The van der Waals surface area contributed by atoms with Crippen LogP contribution in [0.1, 0.15) is 56.9 Å². The van der Waals surface area contributed by atoms with Crippen molar-refractivity contribution in [1.29, 1.82) is 0 Å². The number of likely N-dealkylation sites (tertiary alicyclic amines) is 1. The highest BCUT2D eigenvalue weighted by atomic mass is 35.5. The summed E-state index contributed by atoms with van der Waals surface area (Å²) in [6, 6.07) is 5.51. The standard InChI is InChI=1S/C21H26Cl2N2O/c22-18-9-8-16(15-19(18)23)17-7-6-14-25(20(17)26)21(10-2-1-3-11-21)24-12-4-5-13-24/h7-9,15H,1-6,10-14H2. The zero-order valence-corrected chi connectivity index (χ0v) is 16.7. The second kappa shape index (κ2) is 7.53. The van der Waals surface area contributed by atoms with Gasteiger partial charge in [0.2, 0.25) is 0 Å². The van der Waals surface area contributed by atoms with Gasteiger partial charge in [-0.15, -0.1) is 0 Å². The molecule has 1 saturated carbocycles. The fraction of sp³-hybridized carbons (Fsp3) is 0.571. The third-order valence-corrected chi connectivity index (χ3v) is 7.00. The van der Waals surface area contributed by atoms with Crippen molar-refractivity contribution in [3.05, 3.63) is 39.9 Å². The normalized spacial score (nSPS) is 24.0. The van der Waals surface area contributed by atoms with E-state index in [9.17, 15) is 4.79 Å². The molecule has 0 radical (unpaired) electrons. The minimum atomic E-state index is -0.0818. The largest absolute Gasteiger partial charge is 0.320 e. The number of hydrogen-bond donors (Lipinski definition) is 0. The van der Waals surface area contributed by atoms with E-state index in [4.69, 9.17) is 23.2 Å². The van der Waals surface area contributed by atoms with Crippen LogP contribution in [-0.2, 0) is 4.79 Å². The Hall–Kier alpha value is -1.03. The van der Waals surface area contributed by atoms with E-state index in [1.807, 2.05) is 12.1 Å². The molecular formula is C21H26Cl2N2O. The van der Waals surface area contributed by atoms with Gasteiger partial charge in [0.1, 0.15) is 0 Å². The first kappa shape index (κ1) is 18.3. The summed E-state index contributed by atoms with van der Waals surface area (Å²) in [5.74, 6) is 0.156. The minimum absolute atomic E-state index is 0.0818. The van der Waals surface area contributed by atoms with Gasteiger partial charge in [-0.05, 0) is 62.6 Å². The molecule has 0 unspecified atom stereocenters. The first-order valence-corrected chi connectivity index (χ1v) is 10.6. The molecule has 0 spiro atoms. The van der Waals surface area contributed by atoms with Gasteiger partial charge in [0.15, 0.2) is 0 Å². The van der Waals surface area contributed by atoms with Crippen LogP contribution < -0.4 is 0 Å². The van der Waals surface area contributed by atoms with Crippen molar-refractivity contribution in [3.63, 3.8) is 0 Å². The molecule has 4 rings (SSSR count). The number of benzene rings is 1. The highest BCUT2D eigenvalue weighted by Gasteiger charge is 2.47. The maximum Gasteiger partial charge on any atom is 0.255 e. The number of carbonyl (C=O) groups is 1. The van der Waals surface area contributed by atoms with Gasteiger partial charge in [0.25, 0.3) is 5.91 Å². The van der Waals surface area contributed by atoms with Gasteiger partial charge >= 0.3 is 0 Å². The molecule has 2 heterocycles. The number of carbonyl (C=O) groups excluding carboxylic acids is 1. The van der Waals surface area contributed by atoms with Crippen molar-refractivity contribution in [2.75, 3.05) is 19.6 Å². The predicted octanol–water partition coefficient (Wildman–Crippen LogP) is 5.37. The van der Waals surface area contributed by atoms with Crippen LogP contribution >= 0.6 is 23.2 Å². The van der Waals surface area contributed by atoms with E-state index >= 15 is 0 Å². The van der Waals surface area contributed by atoms with E-state index in [1.165, 1.54) is 32.1 Å². The second-order valence-electron chi connectivity index (χ2n) is 7.73. The van der Waals surface area contributed by atoms with Crippen LogP contribution in [0.15, 0.2) is 24.3 Å². The molecule has 1 saturated heterocycles. The summed E-state index contributed by atoms with van der Waals surface area (Å²) in [7, 11) is 0. The molecular weight excluding hydrogens is 367 g/mol. The molecule has 1 amide bonds. The average Bonchev–Trinajstić information content (AvgIpc) is 3.20. The summed E-state index contributed by atoms with van der Waals surface area (Å²) in [6.45, 7) is 3.06. The lowest BCUT2D eigenvalue weighted by Crippen LogP contribution is -2.63. The third-order valence-electron chi connectivity index (χ3n) is 6.26. The van der Waals surface area contributed by atoms with Crippen LogP contribution in [0, 0.1) is 0 Å². The van der Waals surface area contributed by atoms with E-state index in [0.29, 0.717) is 10.0 Å². The van der Waals surface area contributed by atoms with Gasteiger partial charge in [0, 0.05) is 25.2 Å². The molecule has 1 aromatic rings. The molecule has 0 aromatic heterocycles. The van der Waals surface area contributed by atoms with Crippen LogP contribution in [0.25, 0.3) is 5.57 Å². The van der Waals surface area contributed by atoms with E-state index in [2.05, 4.69) is 15.9 Å². The summed E-state index contributed by atoms with van der Waals surface area (Å²) < 4.78 is 0. The molecule has 3 nitrogen and oxygen atoms in total. The monoisotopic (exact) mass is 392 g/mol. The first-order chi connectivity index (χ1) is 12.6. The second-order valence-corrected chi connectivity index (χ2v) is 8.54. The minimum Gasteiger partial charge on any atom is -0.320 e. The fourth-order valence-electron chi connectivity index (χ4n) is 4.98. The Labute approximate surface area is 165 Å². The maximum atomic E-state index is 13.5. The number of halogens is 2. The summed E-state index contributed by atoms with van der Waals surface area (Å²) >= 11 is 12.3. The lowest BCUT2D eigenvalue weighted by atomic mass is 9.84. The molecule has 3 aliphatic rings. The topological polar surface area (TPSA) is 23.6 Å². The van der Waals surface area contributed by atoms with Crippen LogP contribution in [0.3, 0.4) is 0 Å². The molecule has 0 N–H and O–H groups in total. The Morgan fingerprint density at radius 2 is 1.62 bits per heavy atom. The van der Waals surface area contributed by atoms with Crippen LogP contribution in [0.2, 0.25) is 10.0 Å². The number of amides is 1. The lowest BCUT2D eigenvalue weighted by molar-refractivity contribution is -0.145. The van der Waals surface area contributed by atoms with E-state index in [-0.39, 0.29) is 11.6 Å². The first-order valence-electron chi connectivity index (χ1n) is 9.84. The Morgan fingerprint density at radius 3 is 2.31 bits per heavy atom. The van der Waals surface area contributed by atoms with E-state index in [1.54, 1.807) is 6.07 Å². The molecule has 2 aliphatic heterocycles. The van der Waals surface area contributed by atoms with Gasteiger partial charge in [0.05, 0.1) is 15.7 Å². The fourth-order valence-corrected chi connectivity index (χ4v) is 5.28. The summed E-state index contributed by atoms with van der Waals surface area (Å²) in [6.07, 6.45) is 11.4. The average molecular weight is 393 g/mol. The Kier molecular flexibility index (Phi) is 5.31. The lowest BCUT2D eigenvalue weighted by Gasteiger charge is -2.53.